The molecule has 1 amide bonds. The van der Waals surface area contributed by atoms with Gasteiger partial charge >= 0.3 is 5.97 Å². The van der Waals surface area contributed by atoms with E-state index in [0.717, 1.165) is 12.8 Å². The molecule has 6 heteroatoms. The number of halogens is 1. The summed E-state index contributed by atoms with van der Waals surface area (Å²) in [5.41, 5.74) is 0.550. The Morgan fingerprint density at radius 2 is 2.00 bits per heavy atom. The molecule has 1 aliphatic carbocycles. The SMILES string of the molecule is CN(CC(=O)N1C[C@@H](C(=O)O)[C@H](C2CC2)C1)Cc1ccccc1F. The van der Waals surface area contributed by atoms with Crippen molar-refractivity contribution in [3.63, 3.8) is 0 Å². The van der Waals surface area contributed by atoms with Gasteiger partial charge in [-0.25, -0.2) is 4.39 Å². The Morgan fingerprint density at radius 1 is 1.29 bits per heavy atom. The summed E-state index contributed by atoms with van der Waals surface area (Å²) in [5, 5.41) is 9.38. The van der Waals surface area contributed by atoms with Crippen molar-refractivity contribution in [2.24, 2.45) is 17.8 Å². The van der Waals surface area contributed by atoms with E-state index in [2.05, 4.69) is 0 Å². The molecule has 2 fully saturated rings. The molecule has 3 rings (SSSR count). The Morgan fingerprint density at radius 3 is 2.62 bits per heavy atom. The van der Waals surface area contributed by atoms with Crippen LogP contribution in [0.25, 0.3) is 0 Å². The van der Waals surface area contributed by atoms with Crippen LogP contribution in [0.5, 0.6) is 0 Å². The van der Waals surface area contributed by atoms with Crippen molar-refractivity contribution in [1.82, 2.24) is 9.80 Å². The Labute approximate surface area is 141 Å². The first kappa shape index (κ1) is 16.9. The molecule has 5 nitrogen and oxygen atoms in total. The predicted molar refractivity (Wildman–Crippen MR) is 86.7 cm³/mol. The molecular formula is C18H23FN2O3. The largest absolute Gasteiger partial charge is 0.481 e. The van der Waals surface area contributed by atoms with E-state index in [9.17, 15) is 19.1 Å². The monoisotopic (exact) mass is 334 g/mol. The third-order valence-corrected chi connectivity index (χ3v) is 5.07. The minimum atomic E-state index is -0.804. The van der Waals surface area contributed by atoms with E-state index in [0.29, 0.717) is 31.1 Å². The molecule has 0 unspecified atom stereocenters. The summed E-state index contributed by atoms with van der Waals surface area (Å²) in [6.07, 6.45) is 2.15. The molecule has 0 bridgehead atoms. The number of carboxylic acid groups (broad SMARTS) is 1. The maximum atomic E-state index is 13.7. The lowest BCUT2D eigenvalue weighted by atomic mass is 9.92. The second-order valence-corrected chi connectivity index (χ2v) is 7.01. The topological polar surface area (TPSA) is 60.9 Å². The van der Waals surface area contributed by atoms with E-state index in [1.807, 2.05) is 0 Å². The van der Waals surface area contributed by atoms with Gasteiger partial charge in [-0.05, 0) is 37.8 Å². The second kappa shape index (κ2) is 6.89. The molecule has 130 valence electrons. The van der Waals surface area contributed by atoms with Gasteiger partial charge in [-0.2, -0.15) is 0 Å². The van der Waals surface area contributed by atoms with Gasteiger partial charge in [-0.15, -0.1) is 0 Å². The van der Waals surface area contributed by atoms with Gasteiger partial charge in [0.25, 0.3) is 0 Å². The highest BCUT2D eigenvalue weighted by atomic mass is 19.1. The molecule has 0 aromatic heterocycles. The Balaban J connectivity index is 1.56. The van der Waals surface area contributed by atoms with Crippen molar-refractivity contribution in [3.8, 4) is 0 Å². The molecule has 1 aromatic rings. The van der Waals surface area contributed by atoms with Crippen LogP contribution >= 0.6 is 0 Å². The highest BCUT2D eigenvalue weighted by molar-refractivity contribution is 5.80. The Hall–Kier alpha value is -1.95. The van der Waals surface area contributed by atoms with Gasteiger partial charge in [0.1, 0.15) is 5.82 Å². The van der Waals surface area contributed by atoms with Gasteiger partial charge in [-0.1, -0.05) is 18.2 Å². The zero-order chi connectivity index (χ0) is 17.3. The van der Waals surface area contributed by atoms with Crippen molar-refractivity contribution in [2.45, 2.75) is 19.4 Å². The van der Waals surface area contributed by atoms with Crippen molar-refractivity contribution < 1.29 is 19.1 Å². The zero-order valence-corrected chi connectivity index (χ0v) is 13.8. The molecule has 24 heavy (non-hydrogen) atoms. The molecule has 1 aromatic carbocycles. The van der Waals surface area contributed by atoms with Gasteiger partial charge in [0.15, 0.2) is 0 Å². The summed E-state index contributed by atoms with van der Waals surface area (Å²) in [4.78, 5) is 27.3. The molecule has 1 saturated heterocycles. The van der Waals surface area contributed by atoms with E-state index < -0.39 is 11.9 Å². The number of carbonyl (C=O) groups is 2. The number of amides is 1. The number of carboxylic acids is 1. The maximum absolute atomic E-state index is 13.7. The molecule has 1 heterocycles. The Kier molecular flexibility index (Phi) is 4.85. The van der Waals surface area contributed by atoms with Gasteiger partial charge in [0.2, 0.25) is 5.91 Å². The quantitative estimate of drug-likeness (QED) is 0.862. The maximum Gasteiger partial charge on any atom is 0.308 e. The summed E-state index contributed by atoms with van der Waals surface area (Å²) in [5.74, 6) is -1.07. The highest BCUT2D eigenvalue weighted by Gasteiger charge is 2.46. The fourth-order valence-electron chi connectivity index (χ4n) is 3.60. The van der Waals surface area contributed by atoms with Crippen molar-refractivity contribution in [3.05, 3.63) is 35.6 Å². The number of hydrogen-bond donors (Lipinski definition) is 1. The number of likely N-dealkylation sites (tertiary alicyclic amines) is 1. The fraction of sp³-hybridized carbons (Fsp3) is 0.556. The summed E-state index contributed by atoms with van der Waals surface area (Å²) >= 11 is 0. The molecule has 0 spiro atoms. The van der Waals surface area contributed by atoms with Crippen LogP contribution in [0.2, 0.25) is 0 Å². The summed E-state index contributed by atoms with van der Waals surface area (Å²) in [6, 6.07) is 6.52. The summed E-state index contributed by atoms with van der Waals surface area (Å²) in [7, 11) is 1.77. The number of rotatable bonds is 6. The van der Waals surface area contributed by atoms with E-state index in [1.54, 1.807) is 35.0 Å². The average molecular weight is 334 g/mol. The number of aliphatic carboxylic acids is 1. The molecule has 1 aliphatic heterocycles. The van der Waals surface area contributed by atoms with Crippen LogP contribution in [0.3, 0.4) is 0 Å². The van der Waals surface area contributed by atoms with Crippen LogP contribution in [0.15, 0.2) is 24.3 Å². The number of nitrogens with zero attached hydrogens (tertiary/aromatic N) is 2. The molecule has 0 radical (unpaired) electrons. The lowest BCUT2D eigenvalue weighted by Gasteiger charge is -2.22. The Bertz CT molecular complexity index is 632. The summed E-state index contributed by atoms with van der Waals surface area (Å²) < 4.78 is 13.7. The van der Waals surface area contributed by atoms with Crippen LogP contribution < -0.4 is 0 Å². The smallest absolute Gasteiger partial charge is 0.308 e. The number of hydrogen-bond acceptors (Lipinski definition) is 3. The third kappa shape index (κ3) is 3.75. The van der Waals surface area contributed by atoms with Gasteiger partial charge in [0.05, 0.1) is 12.5 Å². The van der Waals surface area contributed by atoms with E-state index in [-0.39, 0.29) is 24.2 Å². The summed E-state index contributed by atoms with van der Waals surface area (Å²) in [6.45, 7) is 1.34. The fourth-order valence-corrected chi connectivity index (χ4v) is 3.60. The van der Waals surface area contributed by atoms with Crippen LogP contribution in [-0.4, -0.2) is 53.5 Å². The predicted octanol–water partition coefficient (Wildman–Crippen LogP) is 1.83. The first-order valence-electron chi connectivity index (χ1n) is 8.38. The number of carbonyl (C=O) groups excluding carboxylic acids is 1. The van der Waals surface area contributed by atoms with Gasteiger partial charge < -0.3 is 10.0 Å². The van der Waals surface area contributed by atoms with Crippen LogP contribution in [0.1, 0.15) is 18.4 Å². The first-order chi connectivity index (χ1) is 11.5. The first-order valence-corrected chi connectivity index (χ1v) is 8.38. The third-order valence-electron chi connectivity index (χ3n) is 5.07. The normalized spacial score (nSPS) is 23.7. The van der Waals surface area contributed by atoms with Crippen molar-refractivity contribution >= 4 is 11.9 Å². The zero-order valence-electron chi connectivity index (χ0n) is 13.8. The minimum absolute atomic E-state index is 0.0803. The van der Waals surface area contributed by atoms with Crippen molar-refractivity contribution in [1.29, 1.82) is 0 Å². The van der Waals surface area contributed by atoms with Gasteiger partial charge in [0, 0.05) is 25.2 Å². The van der Waals surface area contributed by atoms with E-state index in [4.69, 9.17) is 0 Å². The molecule has 2 atom stereocenters. The molecule has 2 aliphatic rings. The van der Waals surface area contributed by atoms with Gasteiger partial charge in [-0.3, -0.25) is 14.5 Å². The second-order valence-electron chi connectivity index (χ2n) is 7.01. The standard InChI is InChI=1S/C18H23FN2O3/c1-20(8-13-4-2-3-5-16(13)19)11-17(22)21-9-14(12-6-7-12)15(10-21)18(23)24/h2-5,12,14-15H,6-11H2,1H3,(H,23,24)/t14-,15+/m0/s1. The lowest BCUT2D eigenvalue weighted by molar-refractivity contribution is -0.142. The molecule has 1 N–H and O–H groups in total. The number of likely N-dealkylation sites (N-methyl/N-ethyl adjacent to an activating group) is 1. The molecule has 1 saturated carbocycles. The van der Waals surface area contributed by atoms with Crippen molar-refractivity contribution in [2.75, 3.05) is 26.7 Å². The van der Waals surface area contributed by atoms with Crippen LogP contribution in [0, 0.1) is 23.6 Å². The minimum Gasteiger partial charge on any atom is -0.481 e. The molecular weight excluding hydrogens is 311 g/mol. The lowest BCUT2D eigenvalue weighted by Crippen LogP contribution is -2.38. The van der Waals surface area contributed by atoms with Crippen LogP contribution in [-0.2, 0) is 16.1 Å². The van der Waals surface area contributed by atoms with E-state index in [1.165, 1.54) is 6.07 Å². The van der Waals surface area contributed by atoms with Crippen LogP contribution in [0.4, 0.5) is 4.39 Å². The average Bonchev–Trinajstić information content (AvgIpc) is 3.27. The van der Waals surface area contributed by atoms with E-state index >= 15 is 0 Å². The highest BCUT2D eigenvalue weighted by Crippen LogP contribution is 2.44. The number of benzene rings is 1.